The van der Waals surface area contributed by atoms with Crippen LogP contribution in [0.4, 0.5) is 4.39 Å². The van der Waals surface area contributed by atoms with E-state index in [0.717, 1.165) is 35.4 Å². The molecule has 0 aliphatic heterocycles. The molecule has 1 aromatic carbocycles. The Bertz CT molecular complexity index is 824. The van der Waals surface area contributed by atoms with E-state index in [1.54, 1.807) is 13.3 Å². The van der Waals surface area contributed by atoms with Gasteiger partial charge in [-0.15, -0.1) is 0 Å². The van der Waals surface area contributed by atoms with Gasteiger partial charge in [0.05, 0.1) is 24.3 Å². The Kier molecular flexibility index (Phi) is 2.67. The van der Waals surface area contributed by atoms with Gasteiger partial charge in [0.2, 0.25) is 0 Å². The number of nitrogens with zero attached hydrogens (tertiary/aromatic N) is 3. The SMILES string of the molecule is COc1ccc2c(c1)nc(-c1cncc(F)c1)n2C1CC1. The lowest BCUT2D eigenvalue weighted by atomic mass is 10.2. The van der Waals surface area contributed by atoms with Crippen molar-refractivity contribution in [2.75, 3.05) is 7.11 Å². The summed E-state index contributed by atoms with van der Waals surface area (Å²) in [5.41, 5.74) is 2.62. The summed E-state index contributed by atoms with van der Waals surface area (Å²) in [5.74, 6) is 1.19. The number of pyridine rings is 1. The van der Waals surface area contributed by atoms with Crippen LogP contribution in [0.1, 0.15) is 18.9 Å². The van der Waals surface area contributed by atoms with Crippen LogP contribution in [0.2, 0.25) is 0 Å². The topological polar surface area (TPSA) is 39.9 Å². The minimum absolute atomic E-state index is 0.348. The van der Waals surface area contributed by atoms with Gasteiger partial charge >= 0.3 is 0 Å². The van der Waals surface area contributed by atoms with Crippen molar-refractivity contribution >= 4 is 11.0 Å². The summed E-state index contributed by atoms with van der Waals surface area (Å²) >= 11 is 0. The number of ether oxygens (including phenoxy) is 1. The minimum Gasteiger partial charge on any atom is -0.497 e. The van der Waals surface area contributed by atoms with E-state index < -0.39 is 0 Å². The predicted octanol–water partition coefficient (Wildman–Crippen LogP) is 3.58. The van der Waals surface area contributed by atoms with Gasteiger partial charge in [-0.3, -0.25) is 4.98 Å². The normalized spacial score (nSPS) is 14.6. The molecule has 106 valence electrons. The third-order valence-corrected chi connectivity index (χ3v) is 3.77. The highest BCUT2D eigenvalue weighted by Gasteiger charge is 2.29. The first-order valence-corrected chi connectivity index (χ1v) is 6.93. The van der Waals surface area contributed by atoms with Crippen molar-refractivity contribution in [3.63, 3.8) is 0 Å². The second-order valence-corrected chi connectivity index (χ2v) is 5.28. The van der Waals surface area contributed by atoms with E-state index in [-0.39, 0.29) is 5.82 Å². The van der Waals surface area contributed by atoms with Gasteiger partial charge in [-0.05, 0) is 31.0 Å². The molecule has 0 atom stereocenters. The third-order valence-electron chi connectivity index (χ3n) is 3.77. The average Bonchev–Trinajstić information content (AvgIpc) is 3.26. The fraction of sp³-hybridized carbons (Fsp3) is 0.250. The van der Waals surface area contributed by atoms with Crippen molar-refractivity contribution in [3.8, 4) is 17.1 Å². The molecule has 1 aliphatic carbocycles. The number of hydrogen-bond acceptors (Lipinski definition) is 3. The lowest BCUT2D eigenvalue weighted by Gasteiger charge is -2.07. The lowest BCUT2D eigenvalue weighted by molar-refractivity contribution is 0.415. The first kappa shape index (κ1) is 12.3. The number of aromatic nitrogens is 3. The maximum atomic E-state index is 13.5. The molecule has 0 saturated heterocycles. The molecule has 0 unspecified atom stereocenters. The van der Waals surface area contributed by atoms with Crippen molar-refractivity contribution in [3.05, 3.63) is 42.5 Å². The van der Waals surface area contributed by atoms with Crippen molar-refractivity contribution in [1.82, 2.24) is 14.5 Å². The number of fused-ring (bicyclic) bond motifs is 1. The van der Waals surface area contributed by atoms with Gasteiger partial charge in [-0.2, -0.15) is 0 Å². The zero-order chi connectivity index (χ0) is 14.4. The Morgan fingerprint density at radius 2 is 2.10 bits per heavy atom. The van der Waals surface area contributed by atoms with E-state index in [1.165, 1.54) is 12.3 Å². The van der Waals surface area contributed by atoms with Crippen LogP contribution in [-0.2, 0) is 0 Å². The summed E-state index contributed by atoms with van der Waals surface area (Å²) in [6.07, 6.45) is 5.12. The highest BCUT2D eigenvalue weighted by atomic mass is 19.1. The first-order valence-electron chi connectivity index (χ1n) is 6.93. The molecule has 4 rings (SSSR count). The number of hydrogen-bond donors (Lipinski definition) is 0. The van der Waals surface area contributed by atoms with Crippen LogP contribution in [0.3, 0.4) is 0 Å². The van der Waals surface area contributed by atoms with E-state index in [0.29, 0.717) is 11.6 Å². The van der Waals surface area contributed by atoms with E-state index in [4.69, 9.17) is 4.74 Å². The van der Waals surface area contributed by atoms with Crippen molar-refractivity contribution in [2.45, 2.75) is 18.9 Å². The number of rotatable bonds is 3. The Hall–Kier alpha value is -2.43. The van der Waals surface area contributed by atoms with Crippen LogP contribution in [0.15, 0.2) is 36.7 Å². The Morgan fingerprint density at radius 3 is 2.81 bits per heavy atom. The van der Waals surface area contributed by atoms with Gasteiger partial charge in [-0.1, -0.05) is 0 Å². The molecule has 2 heterocycles. The molecule has 5 heteroatoms. The molecule has 0 spiro atoms. The standard InChI is InChI=1S/C16H14FN3O/c1-21-13-4-5-15-14(7-13)19-16(20(15)12-2-3-12)10-6-11(17)9-18-8-10/h4-9,12H,2-3H2,1H3. The summed E-state index contributed by atoms with van der Waals surface area (Å²) in [7, 11) is 1.64. The number of imidazole rings is 1. The molecule has 0 amide bonds. The smallest absolute Gasteiger partial charge is 0.143 e. The molecule has 1 fully saturated rings. The van der Waals surface area contributed by atoms with Crippen LogP contribution in [-0.4, -0.2) is 21.6 Å². The van der Waals surface area contributed by atoms with E-state index in [9.17, 15) is 4.39 Å². The molecular weight excluding hydrogens is 269 g/mol. The van der Waals surface area contributed by atoms with Gasteiger partial charge in [0.1, 0.15) is 17.4 Å². The third kappa shape index (κ3) is 2.05. The molecule has 2 aromatic heterocycles. The quantitative estimate of drug-likeness (QED) is 0.737. The zero-order valence-corrected chi connectivity index (χ0v) is 11.6. The molecule has 1 saturated carbocycles. The fourth-order valence-corrected chi connectivity index (χ4v) is 2.65. The second kappa shape index (κ2) is 4.55. The van der Waals surface area contributed by atoms with Crippen LogP contribution >= 0.6 is 0 Å². The van der Waals surface area contributed by atoms with Crippen molar-refractivity contribution in [2.24, 2.45) is 0 Å². The molecule has 0 bridgehead atoms. The van der Waals surface area contributed by atoms with Crippen LogP contribution < -0.4 is 4.74 Å². The summed E-state index contributed by atoms with van der Waals surface area (Å²) < 4.78 is 20.9. The maximum Gasteiger partial charge on any atom is 0.143 e. The van der Waals surface area contributed by atoms with E-state index in [1.807, 2.05) is 18.2 Å². The first-order chi connectivity index (χ1) is 10.3. The number of halogens is 1. The summed E-state index contributed by atoms with van der Waals surface area (Å²) in [6, 6.07) is 7.77. The second-order valence-electron chi connectivity index (χ2n) is 5.28. The van der Waals surface area contributed by atoms with Crippen LogP contribution in [0.25, 0.3) is 22.4 Å². The molecule has 4 nitrogen and oxygen atoms in total. The maximum absolute atomic E-state index is 13.5. The molecule has 1 aliphatic rings. The summed E-state index contributed by atoms with van der Waals surface area (Å²) in [6.45, 7) is 0. The van der Waals surface area contributed by atoms with Crippen molar-refractivity contribution < 1.29 is 9.13 Å². The molecule has 3 aromatic rings. The van der Waals surface area contributed by atoms with Gasteiger partial charge in [-0.25, -0.2) is 9.37 Å². The van der Waals surface area contributed by atoms with Crippen LogP contribution in [0, 0.1) is 5.82 Å². The molecular formula is C16H14FN3O. The van der Waals surface area contributed by atoms with Gasteiger partial charge in [0, 0.05) is 23.9 Å². The average molecular weight is 283 g/mol. The Morgan fingerprint density at radius 1 is 1.24 bits per heavy atom. The molecule has 21 heavy (non-hydrogen) atoms. The summed E-state index contributed by atoms with van der Waals surface area (Å²) in [5, 5.41) is 0. The van der Waals surface area contributed by atoms with Crippen molar-refractivity contribution in [1.29, 1.82) is 0 Å². The predicted molar refractivity (Wildman–Crippen MR) is 77.7 cm³/mol. The summed E-state index contributed by atoms with van der Waals surface area (Å²) in [4.78, 5) is 8.60. The minimum atomic E-state index is -0.348. The number of benzene rings is 1. The Balaban J connectivity index is 1.97. The van der Waals surface area contributed by atoms with Gasteiger partial charge in [0.15, 0.2) is 0 Å². The Labute approximate surface area is 121 Å². The lowest BCUT2D eigenvalue weighted by Crippen LogP contribution is -1.98. The van der Waals surface area contributed by atoms with E-state index in [2.05, 4.69) is 14.5 Å². The van der Waals surface area contributed by atoms with E-state index >= 15 is 0 Å². The largest absolute Gasteiger partial charge is 0.497 e. The highest BCUT2D eigenvalue weighted by molar-refractivity contribution is 5.82. The molecule has 0 radical (unpaired) electrons. The zero-order valence-electron chi connectivity index (χ0n) is 11.6. The number of methoxy groups -OCH3 is 1. The van der Waals surface area contributed by atoms with Gasteiger partial charge in [0.25, 0.3) is 0 Å². The molecule has 0 N–H and O–H groups in total. The van der Waals surface area contributed by atoms with Gasteiger partial charge < -0.3 is 9.30 Å². The fourth-order valence-electron chi connectivity index (χ4n) is 2.65. The van der Waals surface area contributed by atoms with Crippen LogP contribution in [0.5, 0.6) is 5.75 Å². The highest BCUT2D eigenvalue weighted by Crippen LogP contribution is 2.41. The monoisotopic (exact) mass is 283 g/mol.